The highest BCUT2D eigenvalue weighted by Gasteiger charge is 2.35. The average molecular weight is 666 g/mol. The molecule has 1 aliphatic rings. The minimum Gasteiger partial charge on any atom is -0.278 e. The van der Waals surface area contributed by atoms with Crippen LogP contribution in [0.4, 0.5) is 0 Å². The van der Waals surface area contributed by atoms with E-state index in [0.29, 0.717) is 5.95 Å². The Kier molecular flexibility index (Phi) is 6.84. The first-order valence-electron chi connectivity index (χ1n) is 17.9. The molecular weight excluding hydrogens is 631 g/mol. The Balaban J connectivity index is 1.17. The topological polar surface area (TPSA) is 30.7 Å². The summed E-state index contributed by atoms with van der Waals surface area (Å²) < 4.78 is 2.24. The summed E-state index contributed by atoms with van der Waals surface area (Å²) in [4.78, 5) is 10.5. The molecule has 0 bridgehead atoms. The molecule has 2 heterocycles. The summed E-state index contributed by atoms with van der Waals surface area (Å²) in [5, 5.41) is 2.34. The van der Waals surface area contributed by atoms with Crippen molar-refractivity contribution < 1.29 is 0 Å². The van der Waals surface area contributed by atoms with E-state index in [4.69, 9.17) is 9.97 Å². The van der Waals surface area contributed by atoms with E-state index in [2.05, 4.69) is 182 Å². The Morgan fingerprint density at radius 2 is 0.904 bits per heavy atom. The quantitative estimate of drug-likeness (QED) is 0.183. The van der Waals surface area contributed by atoms with E-state index in [0.717, 1.165) is 39.1 Å². The van der Waals surface area contributed by atoms with E-state index in [1.165, 1.54) is 49.7 Å². The second kappa shape index (κ2) is 11.8. The van der Waals surface area contributed by atoms with Gasteiger partial charge in [0.15, 0.2) is 0 Å². The summed E-state index contributed by atoms with van der Waals surface area (Å²) in [5.74, 6) is 0.650. The van der Waals surface area contributed by atoms with Crippen molar-refractivity contribution in [2.75, 3.05) is 0 Å². The number of benzene rings is 7. The standard InChI is InChI=1S/C49H35N3/c1-49(2)42-23-13-11-21-38(42)39-27-25-34(29-43(39)49)36-19-9-10-20-37(36)35-26-28-41-40-22-12-14-24-46(40)52(47(41)30-35)48-50-44(32-15-5-3-6-16-32)31-45(51-48)33-17-7-4-8-18-33/h3-31H,1-2H3. The number of hydrogen-bond acceptors (Lipinski definition) is 2. The molecule has 0 atom stereocenters. The number of aromatic nitrogens is 3. The van der Waals surface area contributed by atoms with Gasteiger partial charge in [-0.15, -0.1) is 0 Å². The van der Waals surface area contributed by atoms with Gasteiger partial charge in [-0.3, -0.25) is 4.57 Å². The van der Waals surface area contributed by atoms with Crippen molar-refractivity contribution in [1.29, 1.82) is 0 Å². The monoisotopic (exact) mass is 665 g/mol. The molecule has 246 valence electrons. The molecule has 0 fully saturated rings. The predicted molar refractivity (Wildman–Crippen MR) is 216 cm³/mol. The van der Waals surface area contributed by atoms with E-state index in [1.807, 2.05) is 12.1 Å². The third-order valence-electron chi connectivity index (χ3n) is 10.9. The van der Waals surface area contributed by atoms with Crippen LogP contribution in [-0.2, 0) is 5.41 Å². The van der Waals surface area contributed by atoms with Crippen molar-refractivity contribution in [3.05, 3.63) is 187 Å². The van der Waals surface area contributed by atoms with Gasteiger partial charge in [0.25, 0.3) is 0 Å². The lowest BCUT2D eigenvalue weighted by molar-refractivity contribution is 0.660. The molecule has 9 aromatic rings. The lowest BCUT2D eigenvalue weighted by Gasteiger charge is -2.22. The van der Waals surface area contributed by atoms with Gasteiger partial charge in [-0.25, -0.2) is 9.97 Å². The highest BCUT2D eigenvalue weighted by Crippen LogP contribution is 2.50. The normalized spacial score (nSPS) is 13.0. The maximum atomic E-state index is 5.26. The maximum absolute atomic E-state index is 5.26. The Morgan fingerprint density at radius 1 is 0.385 bits per heavy atom. The second-order valence-corrected chi connectivity index (χ2v) is 14.2. The van der Waals surface area contributed by atoms with Crippen molar-refractivity contribution in [1.82, 2.24) is 14.5 Å². The molecule has 0 amide bonds. The summed E-state index contributed by atoms with van der Waals surface area (Å²) in [6.45, 7) is 4.69. The molecule has 0 saturated heterocycles. The Labute approximate surface area is 303 Å². The number of rotatable bonds is 5. The van der Waals surface area contributed by atoms with Crippen LogP contribution in [0.5, 0.6) is 0 Å². The van der Waals surface area contributed by atoms with Crippen LogP contribution in [0.15, 0.2) is 176 Å². The van der Waals surface area contributed by atoms with Crippen LogP contribution in [0.25, 0.3) is 83.6 Å². The summed E-state index contributed by atoms with van der Waals surface area (Å²) in [6, 6.07) is 63.0. The van der Waals surface area contributed by atoms with Gasteiger partial charge in [-0.2, -0.15) is 0 Å². The zero-order valence-electron chi connectivity index (χ0n) is 29.1. The van der Waals surface area contributed by atoms with Crippen molar-refractivity contribution in [2.24, 2.45) is 0 Å². The first-order chi connectivity index (χ1) is 25.5. The Bertz CT molecular complexity index is 2750. The molecule has 52 heavy (non-hydrogen) atoms. The van der Waals surface area contributed by atoms with Gasteiger partial charge in [0.2, 0.25) is 5.95 Å². The van der Waals surface area contributed by atoms with Crippen LogP contribution in [0.2, 0.25) is 0 Å². The van der Waals surface area contributed by atoms with E-state index >= 15 is 0 Å². The lowest BCUT2D eigenvalue weighted by atomic mass is 9.81. The van der Waals surface area contributed by atoms with E-state index < -0.39 is 0 Å². The fourth-order valence-electron chi connectivity index (χ4n) is 8.26. The van der Waals surface area contributed by atoms with Gasteiger partial charge < -0.3 is 0 Å². The summed E-state index contributed by atoms with van der Waals surface area (Å²) >= 11 is 0. The van der Waals surface area contributed by atoms with Crippen LogP contribution >= 0.6 is 0 Å². The summed E-state index contributed by atoms with van der Waals surface area (Å²) in [5.41, 5.74) is 16.2. The fraction of sp³-hybridized carbons (Fsp3) is 0.0612. The van der Waals surface area contributed by atoms with Gasteiger partial charge in [-0.05, 0) is 68.8 Å². The van der Waals surface area contributed by atoms with Crippen LogP contribution in [0.1, 0.15) is 25.0 Å². The summed E-state index contributed by atoms with van der Waals surface area (Å²) in [7, 11) is 0. The maximum Gasteiger partial charge on any atom is 0.235 e. The zero-order valence-corrected chi connectivity index (χ0v) is 29.1. The minimum atomic E-state index is -0.0659. The highest BCUT2D eigenvalue weighted by molar-refractivity contribution is 6.10. The van der Waals surface area contributed by atoms with E-state index in [9.17, 15) is 0 Å². The first-order valence-corrected chi connectivity index (χ1v) is 17.9. The molecule has 1 aliphatic carbocycles. The summed E-state index contributed by atoms with van der Waals surface area (Å²) in [6.07, 6.45) is 0. The van der Waals surface area contributed by atoms with Crippen LogP contribution in [-0.4, -0.2) is 14.5 Å². The first kappa shape index (κ1) is 30.3. The third-order valence-corrected chi connectivity index (χ3v) is 10.9. The predicted octanol–water partition coefficient (Wildman–Crippen LogP) is 12.5. The van der Waals surface area contributed by atoms with Crippen LogP contribution in [0.3, 0.4) is 0 Å². The van der Waals surface area contributed by atoms with Crippen LogP contribution in [0, 0.1) is 0 Å². The molecule has 3 nitrogen and oxygen atoms in total. The zero-order chi connectivity index (χ0) is 34.8. The van der Waals surface area contributed by atoms with Crippen molar-refractivity contribution in [3.8, 4) is 61.8 Å². The number of fused-ring (bicyclic) bond motifs is 6. The van der Waals surface area contributed by atoms with Gasteiger partial charge in [0.05, 0.1) is 22.4 Å². The van der Waals surface area contributed by atoms with Gasteiger partial charge >= 0.3 is 0 Å². The third kappa shape index (κ3) is 4.74. The van der Waals surface area contributed by atoms with Crippen molar-refractivity contribution >= 4 is 21.8 Å². The second-order valence-electron chi connectivity index (χ2n) is 14.2. The molecule has 3 heteroatoms. The molecule has 0 aliphatic heterocycles. The van der Waals surface area contributed by atoms with Crippen molar-refractivity contribution in [2.45, 2.75) is 19.3 Å². The molecule has 0 saturated carbocycles. The molecule has 2 aromatic heterocycles. The van der Waals surface area contributed by atoms with E-state index in [1.54, 1.807) is 0 Å². The molecule has 0 spiro atoms. The van der Waals surface area contributed by atoms with Gasteiger partial charge in [0.1, 0.15) is 0 Å². The SMILES string of the molecule is CC1(C)c2ccccc2-c2ccc(-c3ccccc3-c3ccc4c5ccccc5n(-c5nc(-c6ccccc6)cc(-c6ccccc6)n5)c4c3)cc21. The molecule has 10 rings (SSSR count). The average Bonchev–Trinajstić information content (AvgIpc) is 3.66. The molecular formula is C49H35N3. The van der Waals surface area contributed by atoms with Gasteiger partial charge in [0, 0.05) is 27.3 Å². The number of hydrogen-bond donors (Lipinski definition) is 0. The largest absolute Gasteiger partial charge is 0.278 e. The molecule has 7 aromatic carbocycles. The van der Waals surface area contributed by atoms with Crippen LogP contribution < -0.4 is 0 Å². The lowest BCUT2D eigenvalue weighted by Crippen LogP contribution is -2.14. The molecule has 0 N–H and O–H groups in total. The number of nitrogens with zero attached hydrogens (tertiary/aromatic N) is 3. The highest BCUT2D eigenvalue weighted by atomic mass is 15.2. The Hall–Kier alpha value is -6.58. The van der Waals surface area contributed by atoms with Crippen molar-refractivity contribution in [3.63, 3.8) is 0 Å². The van der Waals surface area contributed by atoms with E-state index in [-0.39, 0.29) is 5.41 Å². The Morgan fingerprint density at radius 3 is 1.60 bits per heavy atom. The number of para-hydroxylation sites is 1. The molecule has 0 unspecified atom stereocenters. The fourth-order valence-corrected chi connectivity index (χ4v) is 8.26. The minimum absolute atomic E-state index is 0.0659. The van der Waals surface area contributed by atoms with Gasteiger partial charge in [-0.1, -0.05) is 166 Å². The smallest absolute Gasteiger partial charge is 0.235 e. The molecule has 0 radical (unpaired) electrons.